The molecule has 3 heterocycles. The van der Waals surface area contributed by atoms with E-state index in [9.17, 15) is 4.79 Å². The second-order valence-corrected chi connectivity index (χ2v) is 7.03. The summed E-state index contributed by atoms with van der Waals surface area (Å²) in [6.07, 6.45) is 7.29. The molecular formula is C22H21N5O. The predicted molar refractivity (Wildman–Crippen MR) is 105 cm³/mol. The van der Waals surface area contributed by atoms with Crippen molar-refractivity contribution in [2.45, 2.75) is 25.3 Å². The molecule has 0 spiro atoms. The van der Waals surface area contributed by atoms with Crippen LogP contribution < -0.4 is 0 Å². The van der Waals surface area contributed by atoms with E-state index in [1.54, 1.807) is 12.1 Å². The second kappa shape index (κ2) is 8.05. The number of rotatable bonds is 4. The zero-order chi connectivity index (χ0) is 19.3. The lowest BCUT2D eigenvalue weighted by molar-refractivity contribution is 0.0703. The monoisotopic (exact) mass is 371 g/mol. The highest BCUT2D eigenvalue weighted by atomic mass is 16.2. The van der Waals surface area contributed by atoms with E-state index in [1.807, 2.05) is 41.6 Å². The lowest BCUT2D eigenvalue weighted by Crippen LogP contribution is -2.39. The van der Waals surface area contributed by atoms with Gasteiger partial charge in [-0.05, 0) is 30.5 Å². The Hall–Kier alpha value is -3.46. The Bertz CT molecular complexity index is 988. The van der Waals surface area contributed by atoms with Gasteiger partial charge in [0.1, 0.15) is 17.6 Å². The first-order valence-electron chi connectivity index (χ1n) is 9.45. The largest absolute Gasteiger partial charge is 0.338 e. The molecule has 6 heteroatoms. The van der Waals surface area contributed by atoms with Gasteiger partial charge in [0.05, 0.1) is 5.56 Å². The minimum absolute atomic E-state index is 0.0390. The number of amides is 1. The number of hydrogen-bond acceptors (Lipinski definition) is 4. The lowest BCUT2D eigenvalue weighted by Gasteiger charge is -2.32. The molecule has 28 heavy (non-hydrogen) atoms. The second-order valence-electron chi connectivity index (χ2n) is 7.03. The Balaban J connectivity index is 1.49. The van der Waals surface area contributed by atoms with E-state index >= 15 is 0 Å². The third-order valence-corrected chi connectivity index (χ3v) is 5.14. The summed E-state index contributed by atoms with van der Waals surface area (Å²) in [6.45, 7) is 2.15. The van der Waals surface area contributed by atoms with E-state index in [-0.39, 0.29) is 11.8 Å². The maximum absolute atomic E-state index is 12.9. The number of hydrogen-bond donors (Lipinski definition) is 0. The van der Waals surface area contributed by atoms with Crippen LogP contribution in [0, 0.1) is 11.3 Å². The average molecular weight is 371 g/mol. The van der Waals surface area contributed by atoms with Crippen LogP contribution in [0.2, 0.25) is 0 Å². The number of carbonyl (C=O) groups is 1. The molecule has 1 aliphatic heterocycles. The fourth-order valence-electron chi connectivity index (χ4n) is 3.74. The van der Waals surface area contributed by atoms with E-state index in [1.165, 1.54) is 11.8 Å². The Morgan fingerprint density at radius 1 is 1.18 bits per heavy atom. The van der Waals surface area contributed by atoms with Crippen molar-refractivity contribution in [3.63, 3.8) is 0 Å². The molecule has 0 saturated carbocycles. The molecule has 1 atom stereocenters. The highest BCUT2D eigenvalue weighted by Gasteiger charge is 2.28. The molecule has 0 aliphatic carbocycles. The molecule has 0 radical (unpaired) electrons. The lowest BCUT2D eigenvalue weighted by atomic mass is 9.96. The van der Waals surface area contributed by atoms with Crippen LogP contribution in [0.4, 0.5) is 0 Å². The maximum atomic E-state index is 12.9. The summed E-state index contributed by atoms with van der Waals surface area (Å²) >= 11 is 0. The first kappa shape index (κ1) is 17.9. The van der Waals surface area contributed by atoms with Gasteiger partial charge in [-0.1, -0.05) is 30.3 Å². The van der Waals surface area contributed by atoms with Crippen LogP contribution >= 0.6 is 0 Å². The van der Waals surface area contributed by atoms with Crippen LogP contribution in [0.5, 0.6) is 0 Å². The Kier molecular flexibility index (Phi) is 5.16. The molecule has 1 aromatic carbocycles. The SMILES string of the molecule is N#Cc1ccc(C(=O)N2CCC[C@H](c3nccn3Cc3ccccc3)C2)cn1. The maximum Gasteiger partial charge on any atom is 0.255 e. The van der Waals surface area contributed by atoms with Crippen molar-refractivity contribution in [2.24, 2.45) is 0 Å². The molecule has 0 N–H and O–H groups in total. The fraction of sp³-hybridized carbons (Fsp3) is 0.273. The topological polar surface area (TPSA) is 74.8 Å². The van der Waals surface area contributed by atoms with Crippen LogP contribution in [-0.4, -0.2) is 38.4 Å². The van der Waals surface area contributed by atoms with Gasteiger partial charge in [-0.15, -0.1) is 0 Å². The van der Waals surface area contributed by atoms with Gasteiger partial charge in [0.25, 0.3) is 5.91 Å². The molecule has 1 fully saturated rings. The van der Waals surface area contributed by atoms with E-state index < -0.39 is 0 Å². The van der Waals surface area contributed by atoms with E-state index in [2.05, 4.69) is 26.7 Å². The molecular weight excluding hydrogens is 350 g/mol. The zero-order valence-electron chi connectivity index (χ0n) is 15.5. The van der Waals surface area contributed by atoms with Crippen LogP contribution in [0.25, 0.3) is 0 Å². The fourth-order valence-corrected chi connectivity index (χ4v) is 3.74. The predicted octanol–water partition coefficient (Wildman–Crippen LogP) is 3.22. The van der Waals surface area contributed by atoms with E-state index in [0.29, 0.717) is 17.8 Å². The molecule has 0 bridgehead atoms. The molecule has 2 aromatic heterocycles. The average Bonchev–Trinajstić information content (AvgIpc) is 3.22. The van der Waals surface area contributed by atoms with Crippen molar-refractivity contribution < 1.29 is 4.79 Å². The summed E-state index contributed by atoms with van der Waals surface area (Å²) in [6, 6.07) is 15.6. The number of piperidine rings is 1. The number of carbonyl (C=O) groups excluding carboxylic acids is 1. The van der Waals surface area contributed by atoms with Gasteiger partial charge in [-0.2, -0.15) is 5.26 Å². The van der Waals surface area contributed by atoms with Gasteiger partial charge in [-0.3, -0.25) is 4.79 Å². The molecule has 3 aromatic rings. The zero-order valence-corrected chi connectivity index (χ0v) is 15.5. The van der Waals surface area contributed by atoms with Crippen LogP contribution in [0.1, 0.15) is 46.2 Å². The Morgan fingerprint density at radius 3 is 2.79 bits per heavy atom. The smallest absolute Gasteiger partial charge is 0.255 e. The summed E-state index contributed by atoms with van der Waals surface area (Å²) < 4.78 is 2.18. The number of pyridine rings is 1. The standard InChI is InChI=1S/C22H21N5O/c23-13-20-9-8-18(14-25-20)22(28)27-11-4-7-19(16-27)21-24-10-12-26(21)15-17-5-2-1-3-6-17/h1-3,5-6,8-10,12,14,19H,4,7,11,15-16H2/t19-/m0/s1. The van der Waals surface area contributed by atoms with Gasteiger partial charge in [0, 0.05) is 44.1 Å². The third kappa shape index (κ3) is 3.79. The minimum Gasteiger partial charge on any atom is -0.338 e. The first-order chi connectivity index (χ1) is 13.7. The van der Waals surface area contributed by atoms with E-state index in [0.717, 1.165) is 31.8 Å². The number of nitriles is 1. The van der Waals surface area contributed by atoms with Gasteiger partial charge in [-0.25, -0.2) is 9.97 Å². The van der Waals surface area contributed by atoms with Crippen molar-refractivity contribution in [2.75, 3.05) is 13.1 Å². The third-order valence-electron chi connectivity index (χ3n) is 5.14. The Morgan fingerprint density at radius 2 is 2.04 bits per heavy atom. The summed E-state index contributed by atoms with van der Waals surface area (Å²) in [5.74, 6) is 1.20. The van der Waals surface area contributed by atoms with Gasteiger partial charge < -0.3 is 9.47 Å². The van der Waals surface area contributed by atoms with Gasteiger partial charge >= 0.3 is 0 Å². The molecule has 4 rings (SSSR count). The van der Waals surface area contributed by atoms with Crippen LogP contribution in [-0.2, 0) is 6.54 Å². The van der Waals surface area contributed by atoms with Gasteiger partial charge in [0.15, 0.2) is 0 Å². The van der Waals surface area contributed by atoms with Crippen molar-refractivity contribution in [3.8, 4) is 6.07 Å². The van der Waals surface area contributed by atoms with Crippen LogP contribution in [0.15, 0.2) is 61.1 Å². The number of benzene rings is 1. The summed E-state index contributed by atoms with van der Waals surface area (Å²) in [5.41, 5.74) is 2.07. The molecule has 6 nitrogen and oxygen atoms in total. The molecule has 1 aliphatic rings. The summed E-state index contributed by atoms with van der Waals surface area (Å²) in [5, 5.41) is 8.87. The number of nitrogens with zero attached hydrogens (tertiary/aromatic N) is 5. The van der Waals surface area contributed by atoms with Gasteiger partial charge in [0.2, 0.25) is 0 Å². The van der Waals surface area contributed by atoms with Crippen molar-refractivity contribution in [1.29, 1.82) is 5.26 Å². The van der Waals surface area contributed by atoms with Crippen molar-refractivity contribution >= 4 is 5.91 Å². The van der Waals surface area contributed by atoms with E-state index in [4.69, 9.17) is 5.26 Å². The summed E-state index contributed by atoms with van der Waals surface area (Å²) in [4.78, 5) is 23.4. The van der Waals surface area contributed by atoms with Crippen LogP contribution in [0.3, 0.4) is 0 Å². The quantitative estimate of drug-likeness (QED) is 0.706. The highest BCUT2D eigenvalue weighted by Crippen LogP contribution is 2.27. The number of aromatic nitrogens is 3. The molecule has 140 valence electrons. The molecule has 1 saturated heterocycles. The van der Waals surface area contributed by atoms with Crippen molar-refractivity contribution in [1.82, 2.24) is 19.4 Å². The highest BCUT2D eigenvalue weighted by molar-refractivity contribution is 5.94. The first-order valence-corrected chi connectivity index (χ1v) is 9.45. The Labute approximate surface area is 164 Å². The molecule has 0 unspecified atom stereocenters. The van der Waals surface area contributed by atoms with Crippen molar-refractivity contribution in [3.05, 3.63) is 83.7 Å². The summed E-state index contributed by atoms with van der Waals surface area (Å²) in [7, 11) is 0. The molecule has 1 amide bonds. The normalized spacial score (nSPS) is 16.5. The number of likely N-dealkylation sites (tertiary alicyclic amines) is 1. The number of imidazole rings is 1. The minimum atomic E-state index is -0.0390.